The van der Waals surface area contributed by atoms with E-state index in [4.69, 9.17) is 5.73 Å². The molecule has 0 radical (unpaired) electrons. The number of phenolic OH excluding ortho intramolecular Hbond substituents is 1. The van der Waals surface area contributed by atoms with E-state index >= 15 is 0 Å². The molecule has 1 unspecified atom stereocenters. The Morgan fingerprint density at radius 1 is 1.19 bits per heavy atom. The molecule has 0 amide bonds. The van der Waals surface area contributed by atoms with Gasteiger partial charge < -0.3 is 10.8 Å². The fraction of sp³-hybridized carbons (Fsp3) is 0.571. The summed E-state index contributed by atoms with van der Waals surface area (Å²) in [4.78, 5) is 0. The van der Waals surface area contributed by atoms with Gasteiger partial charge in [-0.25, -0.2) is 0 Å². The number of phenols is 1. The Bertz CT molecular complexity index is 363. The first kappa shape index (κ1) is 13.0. The topological polar surface area (TPSA) is 46.2 Å². The van der Waals surface area contributed by atoms with Crippen LogP contribution in [0.15, 0.2) is 18.2 Å². The van der Waals surface area contributed by atoms with Gasteiger partial charge in [0.15, 0.2) is 0 Å². The number of aromatic hydroxyl groups is 1. The van der Waals surface area contributed by atoms with E-state index in [-0.39, 0.29) is 11.5 Å². The number of benzene rings is 1. The van der Waals surface area contributed by atoms with Crippen molar-refractivity contribution in [2.75, 3.05) is 0 Å². The van der Waals surface area contributed by atoms with E-state index in [0.29, 0.717) is 11.7 Å². The largest absolute Gasteiger partial charge is 0.508 e. The lowest BCUT2D eigenvalue weighted by atomic mass is 9.81. The predicted molar refractivity (Wildman–Crippen MR) is 68.6 cm³/mol. The van der Waals surface area contributed by atoms with Gasteiger partial charge in [0.05, 0.1) is 0 Å². The summed E-state index contributed by atoms with van der Waals surface area (Å²) in [5.74, 6) is 0.748. The molecule has 0 aliphatic carbocycles. The third-order valence-corrected chi connectivity index (χ3v) is 2.99. The van der Waals surface area contributed by atoms with Crippen LogP contribution < -0.4 is 5.73 Å². The smallest absolute Gasteiger partial charge is 0.120 e. The molecule has 0 saturated heterocycles. The molecule has 2 heteroatoms. The SMILES string of the molecule is CC(C)c1ccc(O)c(C(N)C(C)(C)C)c1. The molecule has 2 nitrogen and oxygen atoms in total. The zero-order chi connectivity index (χ0) is 12.5. The first-order valence-corrected chi connectivity index (χ1v) is 5.82. The maximum atomic E-state index is 9.87. The Labute approximate surface area is 98.5 Å². The van der Waals surface area contributed by atoms with Crippen molar-refractivity contribution < 1.29 is 5.11 Å². The maximum Gasteiger partial charge on any atom is 0.120 e. The Morgan fingerprint density at radius 3 is 2.19 bits per heavy atom. The molecular formula is C14H23NO. The van der Waals surface area contributed by atoms with Gasteiger partial charge in [0, 0.05) is 11.6 Å². The Balaban J connectivity index is 3.17. The van der Waals surface area contributed by atoms with Crippen LogP contribution in [0, 0.1) is 5.41 Å². The monoisotopic (exact) mass is 221 g/mol. The highest BCUT2D eigenvalue weighted by Gasteiger charge is 2.25. The third-order valence-electron chi connectivity index (χ3n) is 2.99. The normalized spacial score (nSPS) is 14.2. The van der Waals surface area contributed by atoms with Crippen molar-refractivity contribution in [3.63, 3.8) is 0 Å². The van der Waals surface area contributed by atoms with Crippen molar-refractivity contribution in [1.29, 1.82) is 0 Å². The quantitative estimate of drug-likeness (QED) is 0.802. The summed E-state index contributed by atoms with van der Waals surface area (Å²) < 4.78 is 0. The summed E-state index contributed by atoms with van der Waals surface area (Å²) in [5, 5.41) is 9.87. The van der Waals surface area contributed by atoms with Gasteiger partial charge >= 0.3 is 0 Å². The van der Waals surface area contributed by atoms with Crippen molar-refractivity contribution in [2.24, 2.45) is 11.1 Å². The number of hydrogen-bond donors (Lipinski definition) is 2. The first-order valence-electron chi connectivity index (χ1n) is 5.82. The van der Waals surface area contributed by atoms with Crippen LogP contribution in [0.4, 0.5) is 0 Å². The minimum Gasteiger partial charge on any atom is -0.508 e. The lowest BCUT2D eigenvalue weighted by molar-refractivity contribution is 0.317. The fourth-order valence-electron chi connectivity index (χ4n) is 1.65. The number of rotatable bonds is 2. The molecule has 0 aromatic heterocycles. The zero-order valence-corrected chi connectivity index (χ0v) is 10.9. The van der Waals surface area contributed by atoms with Gasteiger partial charge in [0.1, 0.15) is 5.75 Å². The highest BCUT2D eigenvalue weighted by molar-refractivity contribution is 5.40. The van der Waals surface area contributed by atoms with Crippen LogP contribution in [0.1, 0.15) is 57.7 Å². The molecule has 0 spiro atoms. The highest BCUT2D eigenvalue weighted by atomic mass is 16.3. The minimum absolute atomic E-state index is 0.0485. The molecule has 90 valence electrons. The summed E-state index contributed by atoms with van der Waals surface area (Å²) in [6.07, 6.45) is 0. The molecule has 1 aromatic carbocycles. The highest BCUT2D eigenvalue weighted by Crippen LogP contribution is 2.36. The summed E-state index contributed by atoms with van der Waals surface area (Å²) in [6, 6.07) is 5.58. The lowest BCUT2D eigenvalue weighted by Crippen LogP contribution is -2.26. The van der Waals surface area contributed by atoms with Crippen LogP contribution in [0.25, 0.3) is 0 Å². The zero-order valence-electron chi connectivity index (χ0n) is 10.9. The van der Waals surface area contributed by atoms with E-state index in [1.807, 2.05) is 12.1 Å². The van der Waals surface area contributed by atoms with Gasteiger partial charge in [-0.15, -0.1) is 0 Å². The Kier molecular flexibility index (Phi) is 3.64. The molecule has 0 heterocycles. The van der Waals surface area contributed by atoms with Gasteiger partial charge in [-0.05, 0) is 23.0 Å². The Morgan fingerprint density at radius 2 is 1.75 bits per heavy atom. The average Bonchev–Trinajstić information content (AvgIpc) is 2.15. The van der Waals surface area contributed by atoms with Gasteiger partial charge in [-0.2, -0.15) is 0 Å². The minimum atomic E-state index is -0.147. The number of hydrogen-bond acceptors (Lipinski definition) is 2. The van der Waals surface area contributed by atoms with E-state index in [9.17, 15) is 5.11 Å². The van der Waals surface area contributed by atoms with E-state index in [2.05, 4.69) is 34.6 Å². The van der Waals surface area contributed by atoms with Crippen LogP contribution >= 0.6 is 0 Å². The van der Waals surface area contributed by atoms with Crippen LogP contribution in [0.3, 0.4) is 0 Å². The fourth-order valence-corrected chi connectivity index (χ4v) is 1.65. The second-order valence-corrected chi connectivity index (χ2v) is 5.82. The first-order chi connectivity index (χ1) is 7.23. The molecule has 0 bridgehead atoms. The summed E-state index contributed by atoms with van der Waals surface area (Å²) in [5.41, 5.74) is 8.19. The maximum absolute atomic E-state index is 9.87. The second kappa shape index (κ2) is 4.46. The summed E-state index contributed by atoms with van der Waals surface area (Å²) in [7, 11) is 0. The van der Waals surface area contributed by atoms with E-state index in [1.165, 1.54) is 5.56 Å². The van der Waals surface area contributed by atoms with Crippen LogP contribution in [0.5, 0.6) is 5.75 Å². The van der Waals surface area contributed by atoms with Crippen LogP contribution in [-0.2, 0) is 0 Å². The predicted octanol–water partition coefficient (Wildman–Crippen LogP) is 3.56. The average molecular weight is 221 g/mol. The molecule has 0 fully saturated rings. The molecule has 1 aromatic rings. The molecule has 1 rings (SSSR count). The van der Waals surface area contributed by atoms with E-state index in [0.717, 1.165) is 5.56 Å². The van der Waals surface area contributed by atoms with Crippen molar-refractivity contribution in [3.8, 4) is 5.75 Å². The van der Waals surface area contributed by atoms with E-state index in [1.54, 1.807) is 6.07 Å². The van der Waals surface area contributed by atoms with Gasteiger partial charge in [0.25, 0.3) is 0 Å². The van der Waals surface area contributed by atoms with Crippen molar-refractivity contribution in [1.82, 2.24) is 0 Å². The van der Waals surface area contributed by atoms with Crippen molar-refractivity contribution >= 4 is 0 Å². The standard InChI is InChI=1S/C14H23NO/c1-9(2)10-6-7-12(16)11(8-10)13(15)14(3,4)5/h6-9,13,16H,15H2,1-5H3. The lowest BCUT2D eigenvalue weighted by Gasteiger charge is -2.28. The molecular weight excluding hydrogens is 198 g/mol. The molecule has 16 heavy (non-hydrogen) atoms. The van der Waals surface area contributed by atoms with Gasteiger partial charge in [-0.3, -0.25) is 0 Å². The summed E-state index contributed by atoms with van der Waals surface area (Å²) in [6.45, 7) is 10.5. The summed E-state index contributed by atoms with van der Waals surface area (Å²) >= 11 is 0. The molecule has 0 aliphatic heterocycles. The molecule has 1 atom stereocenters. The molecule has 3 N–H and O–H groups in total. The van der Waals surface area contributed by atoms with Gasteiger partial charge in [0.2, 0.25) is 0 Å². The third kappa shape index (κ3) is 2.76. The van der Waals surface area contributed by atoms with E-state index < -0.39 is 0 Å². The van der Waals surface area contributed by atoms with Crippen LogP contribution in [-0.4, -0.2) is 5.11 Å². The van der Waals surface area contributed by atoms with Crippen molar-refractivity contribution in [2.45, 2.75) is 46.6 Å². The Hall–Kier alpha value is -1.02. The van der Waals surface area contributed by atoms with Crippen molar-refractivity contribution in [3.05, 3.63) is 29.3 Å². The molecule has 0 aliphatic rings. The second-order valence-electron chi connectivity index (χ2n) is 5.82. The molecule has 0 saturated carbocycles. The van der Waals surface area contributed by atoms with Gasteiger partial charge in [-0.1, -0.05) is 46.8 Å². The number of nitrogens with two attached hydrogens (primary N) is 1. The van der Waals surface area contributed by atoms with Crippen LogP contribution in [0.2, 0.25) is 0 Å².